The molecule has 0 N–H and O–H groups in total. The number of carbonyl (C=O) groups is 1. The van der Waals surface area contributed by atoms with E-state index in [1.807, 2.05) is 35.2 Å². The standard InChI is InChI=1S/C24H30N4O5/c1-30-23-5-2-18(15-25-23)28-10-13-32-22-4-3-19(14-21(22)28)33-20-6-7-27(16-20)24(29)17-26-8-11-31-12-9-26/h2-5,14-15,20H,6-13,16-17H2,1H3. The van der Waals surface area contributed by atoms with Gasteiger partial charge in [-0.05, 0) is 18.2 Å². The van der Waals surface area contributed by atoms with Crippen molar-refractivity contribution in [3.63, 3.8) is 0 Å². The van der Waals surface area contributed by atoms with E-state index in [9.17, 15) is 4.79 Å². The lowest BCUT2D eigenvalue weighted by atomic mass is 10.2. The van der Waals surface area contributed by atoms with Gasteiger partial charge in [-0.3, -0.25) is 9.69 Å². The highest BCUT2D eigenvalue weighted by Crippen LogP contribution is 2.39. The molecule has 9 nitrogen and oxygen atoms in total. The van der Waals surface area contributed by atoms with E-state index in [1.165, 1.54) is 0 Å². The molecular formula is C24H30N4O5. The van der Waals surface area contributed by atoms with E-state index in [0.717, 1.165) is 55.5 Å². The van der Waals surface area contributed by atoms with Crippen LogP contribution in [0.1, 0.15) is 6.42 Å². The third-order valence-corrected chi connectivity index (χ3v) is 6.30. The molecule has 1 aromatic heterocycles. The van der Waals surface area contributed by atoms with Gasteiger partial charge in [0.25, 0.3) is 0 Å². The van der Waals surface area contributed by atoms with Gasteiger partial charge in [0.1, 0.15) is 24.2 Å². The minimum atomic E-state index is -0.0164. The second-order valence-corrected chi connectivity index (χ2v) is 8.45. The van der Waals surface area contributed by atoms with Gasteiger partial charge in [0.15, 0.2) is 0 Å². The van der Waals surface area contributed by atoms with E-state index >= 15 is 0 Å². The highest BCUT2D eigenvalue weighted by molar-refractivity contribution is 5.78. The van der Waals surface area contributed by atoms with Crippen LogP contribution in [-0.2, 0) is 9.53 Å². The number of anilines is 2. The summed E-state index contributed by atoms with van der Waals surface area (Å²) in [6.07, 6.45) is 2.61. The minimum Gasteiger partial charge on any atom is -0.490 e. The van der Waals surface area contributed by atoms with Gasteiger partial charge < -0.3 is 28.7 Å². The molecule has 4 heterocycles. The Morgan fingerprint density at radius 1 is 1.12 bits per heavy atom. The lowest BCUT2D eigenvalue weighted by molar-refractivity contribution is -0.132. The van der Waals surface area contributed by atoms with Crippen LogP contribution < -0.4 is 19.1 Å². The molecule has 176 valence electrons. The van der Waals surface area contributed by atoms with Gasteiger partial charge >= 0.3 is 0 Å². The van der Waals surface area contributed by atoms with Gasteiger partial charge in [0, 0.05) is 38.2 Å². The number of hydrogen-bond donors (Lipinski definition) is 0. The highest BCUT2D eigenvalue weighted by atomic mass is 16.5. The van der Waals surface area contributed by atoms with Crippen molar-refractivity contribution >= 4 is 17.3 Å². The monoisotopic (exact) mass is 454 g/mol. The van der Waals surface area contributed by atoms with Crippen LogP contribution in [0.2, 0.25) is 0 Å². The van der Waals surface area contributed by atoms with Crippen LogP contribution in [0.15, 0.2) is 36.5 Å². The zero-order chi connectivity index (χ0) is 22.6. The maximum absolute atomic E-state index is 12.7. The summed E-state index contributed by atoms with van der Waals surface area (Å²) in [5, 5.41) is 0. The predicted octanol–water partition coefficient (Wildman–Crippen LogP) is 1.93. The predicted molar refractivity (Wildman–Crippen MR) is 123 cm³/mol. The van der Waals surface area contributed by atoms with Crippen LogP contribution in [-0.4, -0.2) is 93.0 Å². The van der Waals surface area contributed by atoms with Gasteiger partial charge in [0.2, 0.25) is 11.8 Å². The Hall–Kier alpha value is -3.04. The number of pyridine rings is 1. The molecule has 0 bridgehead atoms. The van der Waals surface area contributed by atoms with Crippen molar-refractivity contribution in [2.45, 2.75) is 12.5 Å². The Bertz CT molecular complexity index is 964. The molecule has 9 heteroatoms. The van der Waals surface area contributed by atoms with Crippen LogP contribution in [0.5, 0.6) is 17.4 Å². The number of amides is 1. The fraction of sp³-hybridized carbons (Fsp3) is 0.500. The minimum absolute atomic E-state index is 0.0164. The quantitative estimate of drug-likeness (QED) is 0.656. The normalized spacial score (nSPS) is 20.8. The van der Waals surface area contributed by atoms with Crippen molar-refractivity contribution in [2.75, 3.05) is 71.1 Å². The third-order valence-electron chi connectivity index (χ3n) is 6.30. The molecule has 3 aliphatic heterocycles. The first kappa shape index (κ1) is 21.8. The number of benzene rings is 1. The second kappa shape index (κ2) is 9.84. The van der Waals surface area contributed by atoms with E-state index in [4.69, 9.17) is 18.9 Å². The average Bonchev–Trinajstić information content (AvgIpc) is 3.33. The SMILES string of the molecule is COc1ccc(N2CCOc3ccc(OC4CCN(C(=O)CN5CCOCC5)C4)cc32)cn1. The summed E-state index contributed by atoms with van der Waals surface area (Å²) in [6.45, 7) is 6.15. The average molecular weight is 455 g/mol. The number of ether oxygens (including phenoxy) is 4. The molecule has 5 rings (SSSR count). The van der Waals surface area contributed by atoms with E-state index in [2.05, 4.69) is 14.8 Å². The molecule has 0 saturated carbocycles. The summed E-state index contributed by atoms with van der Waals surface area (Å²) >= 11 is 0. The van der Waals surface area contributed by atoms with Crippen LogP contribution in [0.4, 0.5) is 11.4 Å². The van der Waals surface area contributed by atoms with Gasteiger partial charge in [-0.25, -0.2) is 4.98 Å². The molecule has 3 aliphatic rings. The summed E-state index contributed by atoms with van der Waals surface area (Å²) in [5.41, 5.74) is 1.92. The molecule has 2 fully saturated rings. The molecule has 2 saturated heterocycles. The largest absolute Gasteiger partial charge is 0.490 e. The third kappa shape index (κ3) is 4.99. The number of hydrogen-bond acceptors (Lipinski definition) is 8. The molecule has 1 amide bonds. The Labute approximate surface area is 193 Å². The number of carbonyl (C=O) groups excluding carboxylic acids is 1. The highest BCUT2D eigenvalue weighted by Gasteiger charge is 2.29. The number of morpholine rings is 1. The fourth-order valence-corrected chi connectivity index (χ4v) is 4.49. The zero-order valence-corrected chi connectivity index (χ0v) is 18.9. The van der Waals surface area contributed by atoms with Crippen LogP contribution in [0.25, 0.3) is 0 Å². The lowest BCUT2D eigenvalue weighted by Crippen LogP contribution is -2.44. The van der Waals surface area contributed by atoms with E-state index < -0.39 is 0 Å². The number of likely N-dealkylation sites (tertiary alicyclic amines) is 1. The Morgan fingerprint density at radius 2 is 2.00 bits per heavy atom. The lowest BCUT2D eigenvalue weighted by Gasteiger charge is -2.31. The number of aromatic nitrogens is 1. The van der Waals surface area contributed by atoms with Crippen molar-refractivity contribution < 1.29 is 23.7 Å². The maximum Gasteiger partial charge on any atom is 0.236 e. The zero-order valence-electron chi connectivity index (χ0n) is 18.9. The molecule has 33 heavy (non-hydrogen) atoms. The fourth-order valence-electron chi connectivity index (χ4n) is 4.49. The van der Waals surface area contributed by atoms with Crippen LogP contribution >= 0.6 is 0 Å². The van der Waals surface area contributed by atoms with E-state index in [-0.39, 0.29) is 12.0 Å². The van der Waals surface area contributed by atoms with Gasteiger partial charge in [0.05, 0.1) is 57.5 Å². The number of fused-ring (bicyclic) bond motifs is 1. The number of methoxy groups -OCH3 is 1. The van der Waals surface area contributed by atoms with E-state index in [1.54, 1.807) is 13.3 Å². The Morgan fingerprint density at radius 3 is 2.79 bits per heavy atom. The van der Waals surface area contributed by atoms with Gasteiger partial charge in [-0.15, -0.1) is 0 Å². The summed E-state index contributed by atoms with van der Waals surface area (Å²) < 4.78 is 22.7. The summed E-state index contributed by atoms with van der Waals surface area (Å²) in [4.78, 5) is 23.3. The summed E-state index contributed by atoms with van der Waals surface area (Å²) in [5.74, 6) is 2.34. The Balaban J connectivity index is 1.23. The summed E-state index contributed by atoms with van der Waals surface area (Å²) in [6, 6.07) is 9.74. The topological polar surface area (TPSA) is 76.6 Å². The smallest absolute Gasteiger partial charge is 0.236 e. The second-order valence-electron chi connectivity index (χ2n) is 8.45. The maximum atomic E-state index is 12.7. The first-order chi connectivity index (χ1) is 16.2. The van der Waals surface area contributed by atoms with Crippen molar-refractivity contribution in [1.82, 2.24) is 14.8 Å². The molecule has 1 atom stereocenters. The van der Waals surface area contributed by atoms with Crippen molar-refractivity contribution in [3.8, 4) is 17.4 Å². The molecule has 1 unspecified atom stereocenters. The first-order valence-corrected chi connectivity index (χ1v) is 11.5. The van der Waals surface area contributed by atoms with Crippen LogP contribution in [0, 0.1) is 0 Å². The molecular weight excluding hydrogens is 424 g/mol. The number of nitrogens with zero attached hydrogens (tertiary/aromatic N) is 4. The molecule has 0 radical (unpaired) electrons. The van der Waals surface area contributed by atoms with Gasteiger partial charge in [-0.2, -0.15) is 0 Å². The van der Waals surface area contributed by atoms with Crippen molar-refractivity contribution in [1.29, 1.82) is 0 Å². The van der Waals surface area contributed by atoms with Crippen molar-refractivity contribution in [2.24, 2.45) is 0 Å². The van der Waals surface area contributed by atoms with E-state index in [0.29, 0.717) is 38.8 Å². The van der Waals surface area contributed by atoms with Gasteiger partial charge in [-0.1, -0.05) is 0 Å². The number of rotatable bonds is 6. The van der Waals surface area contributed by atoms with Crippen molar-refractivity contribution in [3.05, 3.63) is 36.5 Å². The first-order valence-electron chi connectivity index (χ1n) is 11.5. The summed E-state index contributed by atoms with van der Waals surface area (Å²) in [7, 11) is 1.61. The molecule has 0 aliphatic carbocycles. The Kier molecular flexibility index (Phi) is 6.50. The van der Waals surface area contributed by atoms with Crippen LogP contribution in [0.3, 0.4) is 0 Å². The molecule has 0 spiro atoms. The molecule has 2 aromatic rings. The molecule has 1 aromatic carbocycles.